The summed E-state index contributed by atoms with van der Waals surface area (Å²) in [7, 11) is -2.69. The van der Waals surface area contributed by atoms with Gasteiger partial charge in [0.1, 0.15) is 17.9 Å². The molecule has 0 bridgehead atoms. The first-order valence-electron chi connectivity index (χ1n) is 7.58. The van der Waals surface area contributed by atoms with E-state index in [1.165, 1.54) is 7.05 Å². The number of hydrogen-bond donors (Lipinski definition) is 0. The number of ether oxygens (including phenoxy) is 1. The van der Waals surface area contributed by atoms with Crippen LogP contribution in [0.2, 0.25) is 0 Å². The van der Waals surface area contributed by atoms with Crippen LogP contribution >= 0.6 is 0 Å². The molecule has 1 aromatic heterocycles. The lowest BCUT2D eigenvalue weighted by Gasteiger charge is -2.16. The van der Waals surface area contributed by atoms with Crippen LogP contribution in [0.4, 0.5) is 4.39 Å². The number of benzene rings is 2. The van der Waals surface area contributed by atoms with Crippen molar-refractivity contribution in [3.8, 4) is 0 Å². The van der Waals surface area contributed by atoms with Gasteiger partial charge in [-0.05, 0) is 36.4 Å². The van der Waals surface area contributed by atoms with Crippen molar-refractivity contribution < 1.29 is 26.8 Å². The molecule has 136 valence electrons. The third kappa shape index (κ3) is 3.89. The lowest BCUT2D eigenvalue weighted by Crippen LogP contribution is -2.33. The summed E-state index contributed by atoms with van der Waals surface area (Å²) in [5.41, 5.74) is 1.20. The van der Waals surface area contributed by atoms with E-state index >= 15 is 0 Å². The van der Waals surface area contributed by atoms with Crippen molar-refractivity contribution >= 4 is 27.1 Å². The molecule has 7 nitrogen and oxygen atoms in total. The first-order chi connectivity index (χ1) is 12.4. The summed E-state index contributed by atoms with van der Waals surface area (Å²) in [6.45, 7) is -0.710. The zero-order valence-electron chi connectivity index (χ0n) is 13.8. The van der Waals surface area contributed by atoms with Crippen LogP contribution in [0, 0.1) is 5.82 Å². The molecule has 0 N–H and O–H groups in total. The van der Waals surface area contributed by atoms with E-state index in [1.54, 1.807) is 24.3 Å². The summed E-state index contributed by atoms with van der Waals surface area (Å²) in [4.78, 5) is 16.0. The third-order valence-corrected chi connectivity index (χ3v) is 5.39. The highest BCUT2D eigenvalue weighted by molar-refractivity contribution is 7.89. The molecular formula is C17H15FN2O5S. The van der Waals surface area contributed by atoms with E-state index < -0.39 is 28.4 Å². The van der Waals surface area contributed by atoms with Crippen molar-refractivity contribution in [2.45, 2.75) is 11.5 Å². The average molecular weight is 378 g/mol. The Morgan fingerprint density at radius 3 is 2.58 bits per heavy atom. The maximum absolute atomic E-state index is 12.9. The lowest BCUT2D eigenvalue weighted by atomic mass is 10.3. The maximum atomic E-state index is 12.9. The first kappa shape index (κ1) is 18.0. The highest BCUT2D eigenvalue weighted by atomic mass is 32.2. The molecule has 0 saturated carbocycles. The normalized spacial score (nSPS) is 11.8. The van der Waals surface area contributed by atoms with Crippen LogP contribution in [-0.2, 0) is 26.2 Å². The molecule has 0 amide bonds. The van der Waals surface area contributed by atoms with Gasteiger partial charge >= 0.3 is 5.97 Å². The Balaban J connectivity index is 1.60. The number of halogens is 1. The average Bonchev–Trinajstić information content (AvgIpc) is 3.03. The van der Waals surface area contributed by atoms with E-state index in [2.05, 4.69) is 4.98 Å². The minimum atomic E-state index is -3.93. The van der Waals surface area contributed by atoms with Gasteiger partial charge in [0.25, 0.3) is 0 Å². The largest absolute Gasteiger partial charge is 0.455 e. The number of aromatic nitrogens is 1. The molecule has 2 aromatic carbocycles. The van der Waals surface area contributed by atoms with Crippen LogP contribution < -0.4 is 0 Å². The van der Waals surface area contributed by atoms with Crippen molar-refractivity contribution in [2.24, 2.45) is 0 Å². The maximum Gasteiger partial charge on any atom is 0.321 e. The van der Waals surface area contributed by atoms with Gasteiger partial charge in [-0.25, -0.2) is 17.8 Å². The van der Waals surface area contributed by atoms with Crippen LogP contribution in [-0.4, -0.2) is 37.3 Å². The standard InChI is InChI=1S/C17H15FN2O5S/c1-20(26(22,23)13-8-6-12(18)7-9-13)10-17(21)24-11-16-19-14-4-2-3-5-15(14)25-16/h2-9H,10-11H2,1H3. The predicted octanol–water partition coefficient (Wildman–Crippen LogP) is 2.33. The smallest absolute Gasteiger partial charge is 0.321 e. The molecule has 0 atom stereocenters. The number of para-hydroxylation sites is 2. The van der Waals surface area contributed by atoms with E-state index in [1.807, 2.05) is 0 Å². The van der Waals surface area contributed by atoms with E-state index in [9.17, 15) is 17.6 Å². The molecule has 0 radical (unpaired) electrons. The van der Waals surface area contributed by atoms with Gasteiger partial charge in [0, 0.05) is 7.05 Å². The minimum Gasteiger partial charge on any atom is -0.455 e. The van der Waals surface area contributed by atoms with Crippen molar-refractivity contribution in [2.75, 3.05) is 13.6 Å². The van der Waals surface area contributed by atoms with Crippen molar-refractivity contribution in [1.29, 1.82) is 0 Å². The van der Waals surface area contributed by atoms with Crippen LogP contribution in [0.15, 0.2) is 57.8 Å². The van der Waals surface area contributed by atoms with Gasteiger partial charge in [0.05, 0.1) is 4.90 Å². The van der Waals surface area contributed by atoms with Gasteiger partial charge in [0.15, 0.2) is 12.2 Å². The summed E-state index contributed by atoms with van der Waals surface area (Å²) in [6, 6.07) is 11.4. The Hall–Kier alpha value is -2.78. The molecule has 0 aliphatic rings. The fourth-order valence-electron chi connectivity index (χ4n) is 2.22. The van der Waals surface area contributed by atoms with Gasteiger partial charge in [-0.1, -0.05) is 12.1 Å². The zero-order chi connectivity index (χ0) is 18.7. The summed E-state index contributed by atoms with van der Waals surface area (Å²) in [5.74, 6) is -1.10. The predicted molar refractivity (Wildman–Crippen MR) is 90.0 cm³/mol. The second-order valence-electron chi connectivity index (χ2n) is 5.45. The number of sulfonamides is 1. The van der Waals surface area contributed by atoms with E-state index in [4.69, 9.17) is 9.15 Å². The van der Waals surface area contributed by atoms with Crippen molar-refractivity contribution in [3.63, 3.8) is 0 Å². The molecule has 0 spiro atoms. The summed E-state index contributed by atoms with van der Waals surface area (Å²) in [5, 5.41) is 0. The molecule has 0 aliphatic heterocycles. The molecular weight excluding hydrogens is 363 g/mol. The lowest BCUT2D eigenvalue weighted by molar-refractivity contribution is -0.145. The monoisotopic (exact) mass is 378 g/mol. The molecule has 0 saturated heterocycles. The number of carbonyl (C=O) groups is 1. The van der Waals surface area contributed by atoms with Gasteiger partial charge in [-0.3, -0.25) is 4.79 Å². The summed E-state index contributed by atoms with van der Waals surface area (Å²) < 4.78 is 48.9. The molecule has 3 rings (SSSR count). The Kier molecular flexibility index (Phi) is 5.01. The highest BCUT2D eigenvalue weighted by Crippen LogP contribution is 2.16. The van der Waals surface area contributed by atoms with E-state index in [0.29, 0.717) is 11.1 Å². The SMILES string of the molecule is CN(CC(=O)OCc1nc2ccccc2o1)S(=O)(=O)c1ccc(F)cc1. The number of esters is 1. The number of carbonyl (C=O) groups excluding carboxylic acids is 1. The Morgan fingerprint density at radius 1 is 1.19 bits per heavy atom. The summed E-state index contributed by atoms with van der Waals surface area (Å²) >= 11 is 0. The number of nitrogens with zero attached hydrogens (tertiary/aromatic N) is 2. The summed E-state index contributed by atoms with van der Waals surface area (Å²) in [6.07, 6.45) is 0. The molecule has 9 heteroatoms. The fraction of sp³-hybridized carbons (Fsp3) is 0.176. The second kappa shape index (κ2) is 7.22. The number of hydrogen-bond acceptors (Lipinski definition) is 6. The quantitative estimate of drug-likeness (QED) is 0.612. The van der Waals surface area contributed by atoms with Gasteiger partial charge in [-0.2, -0.15) is 4.31 Å². The molecule has 0 unspecified atom stereocenters. The molecule has 0 fully saturated rings. The zero-order valence-corrected chi connectivity index (χ0v) is 14.6. The van der Waals surface area contributed by atoms with Crippen molar-refractivity contribution in [1.82, 2.24) is 9.29 Å². The second-order valence-corrected chi connectivity index (χ2v) is 7.50. The minimum absolute atomic E-state index is 0.117. The number of likely N-dealkylation sites (N-methyl/N-ethyl adjacent to an activating group) is 1. The topological polar surface area (TPSA) is 89.7 Å². The van der Waals surface area contributed by atoms with Crippen LogP contribution in [0.25, 0.3) is 11.1 Å². The van der Waals surface area contributed by atoms with Crippen LogP contribution in [0.5, 0.6) is 0 Å². The third-order valence-electron chi connectivity index (χ3n) is 3.57. The Labute approximate surface area is 149 Å². The number of fused-ring (bicyclic) bond motifs is 1. The van der Waals surface area contributed by atoms with E-state index in [-0.39, 0.29) is 17.4 Å². The molecule has 3 aromatic rings. The number of rotatable bonds is 6. The van der Waals surface area contributed by atoms with Crippen molar-refractivity contribution in [3.05, 3.63) is 60.2 Å². The molecule has 0 aliphatic carbocycles. The molecule has 26 heavy (non-hydrogen) atoms. The van der Waals surface area contributed by atoms with Crippen LogP contribution in [0.1, 0.15) is 5.89 Å². The van der Waals surface area contributed by atoms with E-state index in [0.717, 1.165) is 28.6 Å². The molecule has 1 heterocycles. The number of oxazole rings is 1. The van der Waals surface area contributed by atoms with Crippen LogP contribution in [0.3, 0.4) is 0 Å². The van der Waals surface area contributed by atoms with Gasteiger partial charge < -0.3 is 9.15 Å². The van der Waals surface area contributed by atoms with Gasteiger partial charge in [-0.15, -0.1) is 0 Å². The first-order valence-corrected chi connectivity index (χ1v) is 9.02. The highest BCUT2D eigenvalue weighted by Gasteiger charge is 2.23. The van der Waals surface area contributed by atoms with Gasteiger partial charge in [0.2, 0.25) is 15.9 Å². The Morgan fingerprint density at radius 2 is 1.88 bits per heavy atom. The Bertz CT molecular complexity index is 998. The fourth-order valence-corrected chi connectivity index (χ4v) is 3.34.